The van der Waals surface area contributed by atoms with E-state index in [1.807, 2.05) is 18.2 Å². The lowest BCUT2D eigenvalue weighted by atomic mass is 10.1. The molecule has 0 bridgehead atoms. The summed E-state index contributed by atoms with van der Waals surface area (Å²) in [4.78, 5) is 16.3. The van der Waals surface area contributed by atoms with Crippen LogP contribution >= 0.6 is 0 Å². The van der Waals surface area contributed by atoms with Crippen molar-refractivity contribution in [2.24, 2.45) is 0 Å². The number of hydrogen-bond acceptors (Lipinski definition) is 9. The van der Waals surface area contributed by atoms with E-state index in [4.69, 9.17) is 18.6 Å². The number of nitriles is 1. The summed E-state index contributed by atoms with van der Waals surface area (Å²) in [6.07, 6.45) is 1.39. The van der Waals surface area contributed by atoms with E-state index in [-0.39, 0.29) is 23.2 Å². The molecule has 0 fully saturated rings. The highest BCUT2D eigenvalue weighted by Crippen LogP contribution is 2.42. The zero-order chi connectivity index (χ0) is 25.2. The number of carbonyl (C=O) groups is 1. The van der Waals surface area contributed by atoms with Crippen molar-refractivity contribution in [1.82, 2.24) is 24.8 Å². The first-order valence-corrected chi connectivity index (χ1v) is 10.6. The second-order valence-corrected chi connectivity index (χ2v) is 7.43. The monoisotopic (exact) mass is 485 g/mol. The van der Waals surface area contributed by atoms with Crippen LogP contribution in [0.4, 0.5) is 5.82 Å². The maximum Gasteiger partial charge on any atom is 0.314 e. The minimum absolute atomic E-state index is 0.204. The number of aromatic amines is 1. The number of H-pyrrole nitrogens is 1. The Labute approximate surface area is 204 Å². The van der Waals surface area contributed by atoms with Crippen molar-refractivity contribution >= 4 is 17.4 Å². The Morgan fingerprint density at radius 2 is 1.78 bits per heavy atom. The van der Waals surface area contributed by atoms with E-state index in [1.54, 1.807) is 24.3 Å². The van der Waals surface area contributed by atoms with Gasteiger partial charge in [-0.25, -0.2) is 0 Å². The van der Waals surface area contributed by atoms with Gasteiger partial charge in [0.15, 0.2) is 23.0 Å². The minimum Gasteiger partial charge on any atom is -0.493 e. The molecule has 12 nitrogen and oxygen atoms in total. The van der Waals surface area contributed by atoms with Crippen molar-refractivity contribution in [3.63, 3.8) is 0 Å². The van der Waals surface area contributed by atoms with Gasteiger partial charge in [-0.15, -0.1) is 10.2 Å². The fraction of sp³-hybridized carbons (Fsp3) is 0.125. The van der Waals surface area contributed by atoms with Crippen LogP contribution < -0.4 is 19.5 Å². The van der Waals surface area contributed by atoms with Gasteiger partial charge < -0.3 is 28.9 Å². The number of benzene rings is 2. The number of methoxy groups -OCH3 is 3. The number of ether oxygens (including phenoxy) is 3. The number of amides is 1. The zero-order valence-electron chi connectivity index (χ0n) is 19.4. The van der Waals surface area contributed by atoms with Crippen LogP contribution in [0.25, 0.3) is 28.4 Å². The Hall–Kier alpha value is -5.31. The fourth-order valence-corrected chi connectivity index (χ4v) is 3.73. The van der Waals surface area contributed by atoms with Crippen LogP contribution in [-0.4, -0.2) is 52.0 Å². The number of fused-ring (bicyclic) bond motifs is 1. The minimum atomic E-state index is -0.659. The predicted octanol–water partition coefficient (Wildman–Crippen LogP) is 3.53. The van der Waals surface area contributed by atoms with Gasteiger partial charge in [-0.05, 0) is 24.3 Å². The maximum atomic E-state index is 13.1. The summed E-state index contributed by atoms with van der Waals surface area (Å²) in [5, 5.41) is 24.4. The molecule has 0 aliphatic heterocycles. The number of hydrogen-bond donors (Lipinski definition) is 2. The smallest absolute Gasteiger partial charge is 0.314 e. The van der Waals surface area contributed by atoms with Gasteiger partial charge in [0.1, 0.15) is 11.6 Å². The third-order valence-corrected chi connectivity index (χ3v) is 5.41. The molecule has 5 aromatic rings. The molecule has 0 aliphatic rings. The molecule has 0 aliphatic carbocycles. The third kappa shape index (κ3) is 3.74. The van der Waals surface area contributed by atoms with E-state index in [1.165, 1.54) is 32.0 Å². The molecule has 180 valence electrons. The molecule has 0 radical (unpaired) electrons. The molecule has 5 rings (SSSR count). The molecule has 36 heavy (non-hydrogen) atoms. The number of anilines is 1. The Morgan fingerprint density at radius 1 is 1.06 bits per heavy atom. The van der Waals surface area contributed by atoms with Gasteiger partial charge >= 0.3 is 11.8 Å². The third-order valence-electron chi connectivity index (χ3n) is 5.41. The number of carbonyl (C=O) groups excluding carboxylic acids is 1. The first kappa shape index (κ1) is 22.5. The second-order valence-electron chi connectivity index (χ2n) is 7.43. The summed E-state index contributed by atoms with van der Waals surface area (Å²) >= 11 is 0. The molecule has 2 N–H and O–H groups in total. The largest absolute Gasteiger partial charge is 0.493 e. The topological polar surface area (TPSA) is 153 Å². The first-order chi connectivity index (χ1) is 17.6. The number of rotatable bonds is 7. The van der Waals surface area contributed by atoms with Gasteiger partial charge in [0.05, 0.1) is 33.2 Å². The number of nitrogens with one attached hydrogen (secondary N) is 2. The van der Waals surface area contributed by atoms with E-state index in [9.17, 15) is 10.1 Å². The van der Waals surface area contributed by atoms with Crippen LogP contribution in [0.2, 0.25) is 0 Å². The second kappa shape index (κ2) is 9.15. The lowest BCUT2D eigenvalue weighted by Crippen LogP contribution is -2.15. The first-order valence-electron chi connectivity index (χ1n) is 10.6. The van der Waals surface area contributed by atoms with E-state index >= 15 is 0 Å². The van der Waals surface area contributed by atoms with Crippen LogP contribution in [0.5, 0.6) is 17.2 Å². The Balaban J connectivity index is 1.59. The summed E-state index contributed by atoms with van der Waals surface area (Å²) in [7, 11) is 4.50. The van der Waals surface area contributed by atoms with E-state index in [2.05, 4.69) is 31.7 Å². The zero-order valence-corrected chi connectivity index (χ0v) is 19.4. The lowest BCUT2D eigenvalue weighted by molar-refractivity contribution is 0.0990. The molecule has 0 atom stereocenters. The van der Waals surface area contributed by atoms with E-state index < -0.39 is 5.91 Å². The Morgan fingerprint density at radius 3 is 2.42 bits per heavy atom. The maximum absolute atomic E-state index is 13.1. The molecule has 2 aromatic carbocycles. The van der Waals surface area contributed by atoms with Crippen LogP contribution in [0.3, 0.4) is 0 Å². The van der Waals surface area contributed by atoms with E-state index in [0.29, 0.717) is 39.7 Å². The molecule has 0 spiro atoms. The predicted molar refractivity (Wildman–Crippen MR) is 127 cm³/mol. The van der Waals surface area contributed by atoms with Crippen molar-refractivity contribution in [2.45, 2.75) is 0 Å². The molecule has 0 saturated carbocycles. The summed E-state index contributed by atoms with van der Waals surface area (Å²) in [5.74, 6) is 0.756. The number of imidazole rings is 1. The molecule has 1 amide bonds. The van der Waals surface area contributed by atoms with Gasteiger partial charge in [0.2, 0.25) is 11.6 Å². The molecule has 12 heteroatoms. The summed E-state index contributed by atoms with van der Waals surface area (Å²) < 4.78 is 23.3. The van der Waals surface area contributed by atoms with Gasteiger partial charge in [0.25, 0.3) is 0 Å². The highest BCUT2D eigenvalue weighted by atomic mass is 16.5. The van der Waals surface area contributed by atoms with Gasteiger partial charge in [-0.3, -0.25) is 4.79 Å². The normalized spacial score (nSPS) is 10.7. The average Bonchev–Trinajstić information content (AvgIpc) is 3.65. The standard InChI is InChI=1S/C24H19N7O5/c1-33-16-9-14(10-17(34-2)19(16)35-3)18-21(31-20(27-18)15(11-25)12-26-31)28-22(32)24-30-29-23(36-24)13-7-5-4-6-8-13/h4-10,12,27H,1-3H3,(H,28,32). The van der Waals surface area contributed by atoms with Gasteiger partial charge in [-0.2, -0.15) is 14.9 Å². The lowest BCUT2D eigenvalue weighted by Gasteiger charge is -2.14. The van der Waals surface area contributed by atoms with Crippen molar-refractivity contribution in [2.75, 3.05) is 26.6 Å². The van der Waals surface area contributed by atoms with Crippen molar-refractivity contribution < 1.29 is 23.4 Å². The Bertz CT molecular complexity index is 1590. The van der Waals surface area contributed by atoms with Crippen molar-refractivity contribution in [1.29, 1.82) is 5.26 Å². The summed E-state index contributed by atoms with van der Waals surface area (Å²) in [5.41, 5.74) is 2.35. The molecule has 0 unspecified atom stereocenters. The number of nitrogens with zero attached hydrogens (tertiary/aromatic N) is 5. The molecule has 3 aromatic heterocycles. The fourth-order valence-electron chi connectivity index (χ4n) is 3.73. The van der Waals surface area contributed by atoms with Crippen LogP contribution in [-0.2, 0) is 0 Å². The SMILES string of the molecule is COc1cc(-c2[nH]c3c(C#N)cnn3c2NC(=O)c2nnc(-c3ccccc3)o2)cc(OC)c1OC. The Kier molecular flexibility index (Phi) is 5.71. The average molecular weight is 485 g/mol. The number of aromatic nitrogens is 5. The molecular weight excluding hydrogens is 466 g/mol. The van der Waals surface area contributed by atoms with Crippen molar-refractivity contribution in [3.8, 4) is 46.0 Å². The van der Waals surface area contributed by atoms with Crippen LogP contribution in [0.15, 0.2) is 53.1 Å². The van der Waals surface area contributed by atoms with Crippen LogP contribution in [0, 0.1) is 11.3 Å². The van der Waals surface area contributed by atoms with Gasteiger partial charge in [0, 0.05) is 11.1 Å². The molecular formula is C24H19N7O5. The highest BCUT2D eigenvalue weighted by molar-refractivity contribution is 6.03. The quantitative estimate of drug-likeness (QED) is 0.352. The molecule has 3 heterocycles. The highest BCUT2D eigenvalue weighted by Gasteiger charge is 2.25. The van der Waals surface area contributed by atoms with Crippen LogP contribution in [0.1, 0.15) is 16.2 Å². The summed E-state index contributed by atoms with van der Waals surface area (Å²) in [6, 6.07) is 14.6. The van der Waals surface area contributed by atoms with E-state index in [0.717, 1.165) is 0 Å². The molecule has 0 saturated heterocycles. The van der Waals surface area contributed by atoms with Gasteiger partial charge in [-0.1, -0.05) is 18.2 Å². The van der Waals surface area contributed by atoms with Crippen molar-refractivity contribution in [3.05, 3.63) is 60.1 Å². The summed E-state index contributed by atoms with van der Waals surface area (Å²) in [6.45, 7) is 0.